The van der Waals surface area contributed by atoms with E-state index in [1.165, 1.54) is 11.3 Å². The summed E-state index contributed by atoms with van der Waals surface area (Å²) < 4.78 is 0.848. The second-order valence-corrected chi connectivity index (χ2v) is 5.80. The zero-order valence-electron chi connectivity index (χ0n) is 9.48. The second kappa shape index (κ2) is 4.44. The summed E-state index contributed by atoms with van der Waals surface area (Å²) in [5.41, 5.74) is 0.758. The first kappa shape index (κ1) is 11.8. The summed E-state index contributed by atoms with van der Waals surface area (Å²) in [5.74, 6) is -0.685. The molecular weight excluding hydrogens is 270 g/mol. The standard InChI is InChI=1S/C13H10ClNO2S/c14-7-3-1-4-8-12(7)18-13(15-8)11-9(16)5-2-6-10(11)17/h1,3-4,11H,2,5-6H2. The first-order valence-electron chi connectivity index (χ1n) is 5.77. The van der Waals surface area contributed by atoms with Gasteiger partial charge in [-0.1, -0.05) is 17.7 Å². The number of aromatic nitrogens is 1. The molecule has 1 fully saturated rings. The lowest BCUT2D eigenvalue weighted by Gasteiger charge is -2.16. The van der Waals surface area contributed by atoms with Gasteiger partial charge in [0.05, 0.1) is 15.2 Å². The van der Waals surface area contributed by atoms with Crippen molar-refractivity contribution in [3.63, 3.8) is 0 Å². The number of benzene rings is 1. The summed E-state index contributed by atoms with van der Waals surface area (Å²) >= 11 is 7.44. The minimum absolute atomic E-state index is 0.0126. The normalized spacial score (nSPS) is 17.6. The number of carbonyl (C=O) groups excluding carboxylic acids is 2. The lowest BCUT2D eigenvalue weighted by atomic mass is 9.87. The monoisotopic (exact) mass is 279 g/mol. The van der Waals surface area contributed by atoms with Crippen molar-refractivity contribution in [2.75, 3.05) is 0 Å². The highest BCUT2D eigenvalue weighted by Crippen LogP contribution is 2.35. The zero-order chi connectivity index (χ0) is 12.7. The van der Waals surface area contributed by atoms with Gasteiger partial charge in [0.1, 0.15) is 22.5 Å². The van der Waals surface area contributed by atoms with E-state index in [0.29, 0.717) is 29.3 Å². The van der Waals surface area contributed by atoms with Crippen LogP contribution in [0.3, 0.4) is 0 Å². The van der Waals surface area contributed by atoms with Crippen molar-refractivity contribution in [2.24, 2.45) is 0 Å². The highest BCUT2D eigenvalue weighted by molar-refractivity contribution is 7.19. The average molecular weight is 280 g/mol. The Morgan fingerprint density at radius 1 is 1.22 bits per heavy atom. The van der Waals surface area contributed by atoms with Gasteiger partial charge in [0.15, 0.2) is 0 Å². The van der Waals surface area contributed by atoms with Crippen LogP contribution in [0.4, 0.5) is 0 Å². The van der Waals surface area contributed by atoms with Crippen molar-refractivity contribution in [1.29, 1.82) is 0 Å². The molecule has 0 bridgehead atoms. The van der Waals surface area contributed by atoms with E-state index in [2.05, 4.69) is 4.98 Å². The third-order valence-electron chi connectivity index (χ3n) is 3.12. The fraction of sp³-hybridized carbons (Fsp3) is 0.308. The molecule has 5 heteroatoms. The van der Waals surface area contributed by atoms with Gasteiger partial charge in [0.25, 0.3) is 0 Å². The fourth-order valence-corrected chi connectivity index (χ4v) is 3.64. The van der Waals surface area contributed by atoms with Crippen LogP contribution in [0.25, 0.3) is 10.2 Å². The molecule has 1 aromatic carbocycles. The number of ketones is 2. The summed E-state index contributed by atoms with van der Waals surface area (Å²) in [7, 11) is 0. The van der Waals surface area contributed by atoms with Gasteiger partial charge < -0.3 is 0 Å². The van der Waals surface area contributed by atoms with E-state index in [4.69, 9.17) is 11.6 Å². The maximum absolute atomic E-state index is 11.9. The van der Waals surface area contributed by atoms with E-state index in [1.54, 1.807) is 6.07 Å². The molecule has 1 aliphatic carbocycles. The van der Waals surface area contributed by atoms with Crippen LogP contribution >= 0.6 is 22.9 Å². The van der Waals surface area contributed by atoms with E-state index in [1.807, 2.05) is 12.1 Å². The third-order valence-corrected chi connectivity index (χ3v) is 4.72. The van der Waals surface area contributed by atoms with E-state index in [-0.39, 0.29) is 11.6 Å². The number of hydrogen-bond donors (Lipinski definition) is 0. The third kappa shape index (κ3) is 1.85. The molecule has 1 saturated carbocycles. The van der Waals surface area contributed by atoms with Crippen LogP contribution < -0.4 is 0 Å². The smallest absolute Gasteiger partial charge is 0.150 e. The van der Waals surface area contributed by atoms with Crippen LogP contribution in [-0.2, 0) is 9.59 Å². The Kier molecular flexibility index (Phi) is 2.92. The van der Waals surface area contributed by atoms with Crippen LogP contribution in [-0.4, -0.2) is 16.6 Å². The summed E-state index contributed by atoms with van der Waals surface area (Å²) in [5, 5.41) is 1.21. The van der Waals surface area contributed by atoms with Gasteiger partial charge in [-0.15, -0.1) is 11.3 Å². The number of hydrogen-bond acceptors (Lipinski definition) is 4. The van der Waals surface area contributed by atoms with Crippen molar-refractivity contribution in [3.8, 4) is 0 Å². The molecule has 0 atom stereocenters. The van der Waals surface area contributed by atoms with Crippen molar-refractivity contribution in [3.05, 3.63) is 28.2 Å². The number of rotatable bonds is 1. The predicted octanol–water partition coefficient (Wildman–Crippen LogP) is 3.36. The first-order chi connectivity index (χ1) is 8.66. The predicted molar refractivity (Wildman–Crippen MR) is 71.2 cm³/mol. The van der Waals surface area contributed by atoms with Crippen LogP contribution in [0.2, 0.25) is 5.02 Å². The van der Waals surface area contributed by atoms with E-state index < -0.39 is 5.92 Å². The van der Waals surface area contributed by atoms with Crippen LogP contribution in [0.5, 0.6) is 0 Å². The number of Topliss-reactive ketones (excluding diaryl/α,β-unsaturated/α-hetero) is 2. The lowest BCUT2D eigenvalue weighted by Crippen LogP contribution is -2.26. The Hall–Kier alpha value is -1.26. The van der Waals surface area contributed by atoms with Gasteiger partial charge in [0.2, 0.25) is 0 Å². The highest BCUT2D eigenvalue weighted by Gasteiger charge is 2.33. The maximum Gasteiger partial charge on any atom is 0.150 e. The van der Waals surface area contributed by atoms with E-state index in [0.717, 1.165) is 10.2 Å². The first-order valence-corrected chi connectivity index (χ1v) is 6.96. The molecular formula is C13H10ClNO2S. The van der Waals surface area contributed by atoms with Crippen LogP contribution in [0.15, 0.2) is 18.2 Å². The fourth-order valence-electron chi connectivity index (χ4n) is 2.24. The Balaban J connectivity index is 2.11. The molecule has 0 spiro atoms. The molecule has 0 N–H and O–H groups in total. The molecule has 3 rings (SSSR count). The molecule has 92 valence electrons. The van der Waals surface area contributed by atoms with E-state index >= 15 is 0 Å². The molecule has 0 radical (unpaired) electrons. The largest absolute Gasteiger partial charge is 0.298 e. The molecule has 0 saturated heterocycles. The quantitative estimate of drug-likeness (QED) is 0.752. The Morgan fingerprint density at radius 2 is 1.94 bits per heavy atom. The molecule has 0 aliphatic heterocycles. The van der Waals surface area contributed by atoms with Gasteiger partial charge in [-0.3, -0.25) is 9.59 Å². The summed E-state index contributed by atoms with van der Waals surface area (Å²) in [6, 6.07) is 5.45. The van der Waals surface area contributed by atoms with Crippen molar-refractivity contribution in [2.45, 2.75) is 25.2 Å². The van der Waals surface area contributed by atoms with Gasteiger partial charge in [0, 0.05) is 12.8 Å². The summed E-state index contributed by atoms with van der Waals surface area (Å²) in [4.78, 5) is 28.1. The zero-order valence-corrected chi connectivity index (χ0v) is 11.1. The number of halogens is 1. The van der Waals surface area contributed by atoms with Crippen molar-refractivity contribution >= 4 is 44.7 Å². The SMILES string of the molecule is O=C1CCCC(=O)C1c1nc2cccc(Cl)c2s1. The average Bonchev–Trinajstić information content (AvgIpc) is 2.74. The van der Waals surface area contributed by atoms with Gasteiger partial charge in [-0.05, 0) is 18.6 Å². The topological polar surface area (TPSA) is 47.0 Å². The summed E-state index contributed by atoms with van der Waals surface area (Å²) in [6.07, 6.45) is 1.61. The minimum Gasteiger partial charge on any atom is -0.298 e. The van der Waals surface area contributed by atoms with E-state index in [9.17, 15) is 9.59 Å². The number of nitrogens with zero attached hydrogens (tertiary/aromatic N) is 1. The second-order valence-electron chi connectivity index (χ2n) is 4.36. The highest BCUT2D eigenvalue weighted by atomic mass is 35.5. The van der Waals surface area contributed by atoms with Crippen LogP contribution in [0.1, 0.15) is 30.2 Å². The van der Waals surface area contributed by atoms with Crippen LogP contribution in [0, 0.1) is 0 Å². The minimum atomic E-state index is -0.660. The van der Waals surface area contributed by atoms with Crippen molar-refractivity contribution in [1.82, 2.24) is 4.98 Å². The molecule has 0 amide bonds. The maximum atomic E-state index is 11.9. The number of carbonyl (C=O) groups is 2. The molecule has 18 heavy (non-hydrogen) atoms. The Bertz CT molecular complexity index is 633. The molecule has 1 aliphatic rings. The molecule has 2 aromatic rings. The number of thiazole rings is 1. The van der Waals surface area contributed by atoms with Crippen molar-refractivity contribution < 1.29 is 9.59 Å². The number of fused-ring (bicyclic) bond motifs is 1. The van der Waals surface area contributed by atoms with Gasteiger partial charge in [-0.25, -0.2) is 4.98 Å². The van der Waals surface area contributed by atoms with Gasteiger partial charge in [-0.2, -0.15) is 0 Å². The molecule has 1 heterocycles. The lowest BCUT2D eigenvalue weighted by molar-refractivity contribution is -0.131. The Morgan fingerprint density at radius 3 is 2.61 bits per heavy atom. The van der Waals surface area contributed by atoms with Gasteiger partial charge >= 0.3 is 0 Å². The Labute approximate surface area is 113 Å². The molecule has 1 aromatic heterocycles. The molecule has 0 unspecified atom stereocenters. The summed E-state index contributed by atoms with van der Waals surface area (Å²) in [6.45, 7) is 0. The molecule has 3 nitrogen and oxygen atoms in total.